The molecule has 0 aromatic carbocycles. The molecule has 1 aromatic rings. The topological polar surface area (TPSA) is 71.3 Å². The average molecular weight is 300 g/mol. The maximum atomic E-state index is 12.2. The van der Waals surface area contributed by atoms with Crippen LogP contribution < -0.4 is 10.0 Å². The molecular weight excluding hydrogens is 276 g/mol. The largest absolute Gasteiger partial charge is 0.447 e. The van der Waals surface area contributed by atoms with Crippen LogP contribution in [0.4, 0.5) is 0 Å². The summed E-state index contributed by atoms with van der Waals surface area (Å²) in [4.78, 5) is 0. The molecule has 114 valence electrons. The molecule has 1 unspecified atom stereocenters. The van der Waals surface area contributed by atoms with Crippen LogP contribution in [0.3, 0.4) is 0 Å². The number of rotatable bonds is 8. The van der Waals surface area contributed by atoms with Crippen molar-refractivity contribution in [2.24, 2.45) is 5.92 Å². The second kappa shape index (κ2) is 6.28. The molecule has 6 heteroatoms. The van der Waals surface area contributed by atoms with Gasteiger partial charge >= 0.3 is 0 Å². The van der Waals surface area contributed by atoms with Gasteiger partial charge in [-0.2, -0.15) is 0 Å². The summed E-state index contributed by atoms with van der Waals surface area (Å²) >= 11 is 0. The van der Waals surface area contributed by atoms with Gasteiger partial charge < -0.3 is 9.73 Å². The highest BCUT2D eigenvalue weighted by Crippen LogP contribution is 2.33. The minimum atomic E-state index is -3.54. The maximum absolute atomic E-state index is 12.2. The van der Waals surface area contributed by atoms with E-state index in [9.17, 15) is 8.42 Å². The van der Waals surface area contributed by atoms with Gasteiger partial charge in [0.25, 0.3) is 10.0 Å². The van der Waals surface area contributed by atoms with Crippen molar-refractivity contribution in [3.05, 3.63) is 17.9 Å². The lowest BCUT2D eigenvalue weighted by Crippen LogP contribution is -2.32. The van der Waals surface area contributed by atoms with Gasteiger partial charge in [-0.05, 0) is 31.4 Å². The molecule has 2 N–H and O–H groups in total. The summed E-state index contributed by atoms with van der Waals surface area (Å²) in [5.74, 6) is 1.32. The van der Waals surface area contributed by atoms with Crippen LogP contribution in [0.25, 0.3) is 0 Å². The minimum absolute atomic E-state index is 0.000651. The molecule has 0 spiro atoms. The molecule has 1 heterocycles. The normalized spacial score (nSPS) is 17.6. The standard InChI is InChI=1S/C14H24N2O3S/c1-10(2)15-9-13-6-7-14(19-13)20(17,18)16-11(3)8-12-4-5-12/h6-7,10-12,15-16H,4-5,8-9H2,1-3H3. The number of furan rings is 1. The molecule has 0 radical (unpaired) electrons. The molecule has 20 heavy (non-hydrogen) atoms. The highest BCUT2D eigenvalue weighted by molar-refractivity contribution is 7.89. The molecule has 1 atom stereocenters. The van der Waals surface area contributed by atoms with Crippen LogP contribution in [-0.4, -0.2) is 20.5 Å². The third kappa shape index (κ3) is 4.61. The van der Waals surface area contributed by atoms with E-state index in [1.807, 2.05) is 20.8 Å². The Hall–Kier alpha value is -0.850. The van der Waals surface area contributed by atoms with Crippen LogP contribution in [0, 0.1) is 5.92 Å². The molecule has 0 amide bonds. The Labute approximate surface area is 121 Å². The summed E-state index contributed by atoms with van der Waals surface area (Å²) in [7, 11) is -3.54. The maximum Gasteiger partial charge on any atom is 0.274 e. The zero-order valence-electron chi connectivity index (χ0n) is 12.3. The Morgan fingerprint density at radius 2 is 2.00 bits per heavy atom. The van der Waals surface area contributed by atoms with Crippen molar-refractivity contribution in [1.29, 1.82) is 0 Å². The summed E-state index contributed by atoms with van der Waals surface area (Å²) in [5.41, 5.74) is 0. The van der Waals surface area contributed by atoms with Crippen molar-refractivity contribution in [3.8, 4) is 0 Å². The van der Waals surface area contributed by atoms with Gasteiger partial charge in [0.2, 0.25) is 5.09 Å². The van der Waals surface area contributed by atoms with E-state index in [0.29, 0.717) is 24.3 Å². The lowest BCUT2D eigenvalue weighted by atomic mass is 10.2. The Kier molecular flexibility index (Phi) is 4.88. The van der Waals surface area contributed by atoms with E-state index in [2.05, 4.69) is 10.0 Å². The Balaban J connectivity index is 1.94. The van der Waals surface area contributed by atoms with E-state index >= 15 is 0 Å². The molecule has 1 aromatic heterocycles. The van der Waals surface area contributed by atoms with Gasteiger partial charge in [0.15, 0.2) is 0 Å². The fourth-order valence-electron chi connectivity index (χ4n) is 2.13. The molecule has 1 aliphatic rings. The van der Waals surface area contributed by atoms with Gasteiger partial charge in [0, 0.05) is 12.1 Å². The molecule has 5 nitrogen and oxygen atoms in total. The minimum Gasteiger partial charge on any atom is -0.447 e. The zero-order chi connectivity index (χ0) is 14.8. The highest BCUT2D eigenvalue weighted by atomic mass is 32.2. The van der Waals surface area contributed by atoms with Crippen LogP contribution in [-0.2, 0) is 16.6 Å². The molecule has 1 saturated carbocycles. The third-order valence-corrected chi connectivity index (χ3v) is 4.79. The van der Waals surface area contributed by atoms with E-state index in [4.69, 9.17) is 4.42 Å². The van der Waals surface area contributed by atoms with E-state index in [1.54, 1.807) is 6.07 Å². The molecule has 2 rings (SSSR count). The summed E-state index contributed by atoms with van der Waals surface area (Å²) in [5, 5.41) is 3.19. The van der Waals surface area contributed by atoms with Gasteiger partial charge in [-0.1, -0.05) is 26.7 Å². The number of nitrogens with one attached hydrogen (secondary N) is 2. The fourth-order valence-corrected chi connectivity index (χ4v) is 3.33. The molecule has 0 saturated heterocycles. The second-order valence-corrected chi connectivity index (χ2v) is 7.60. The quantitative estimate of drug-likeness (QED) is 0.772. The van der Waals surface area contributed by atoms with Crippen molar-refractivity contribution < 1.29 is 12.8 Å². The first kappa shape index (κ1) is 15.5. The molecule has 0 aliphatic heterocycles. The van der Waals surface area contributed by atoms with E-state index in [0.717, 1.165) is 6.42 Å². The van der Waals surface area contributed by atoms with Crippen LogP contribution in [0.15, 0.2) is 21.6 Å². The smallest absolute Gasteiger partial charge is 0.274 e. The molecule has 1 aliphatic carbocycles. The Morgan fingerprint density at radius 3 is 2.60 bits per heavy atom. The van der Waals surface area contributed by atoms with Crippen molar-refractivity contribution in [3.63, 3.8) is 0 Å². The van der Waals surface area contributed by atoms with Gasteiger partial charge in [-0.25, -0.2) is 13.1 Å². The van der Waals surface area contributed by atoms with Crippen LogP contribution in [0.2, 0.25) is 0 Å². The van der Waals surface area contributed by atoms with Gasteiger partial charge in [-0.15, -0.1) is 0 Å². The first-order valence-electron chi connectivity index (χ1n) is 7.21. The first-order chi connectivity index (χ1) is 9.37. The Bertz CT molecular complexity index is 532. The summed E-state index contributed by atoms with van der Waals surface area (Å²) in [6, 6.07) is 3.51. The van der Waals surface area contributed by atoms with Crippen molar-refractivity contribution in [1.82, 2.24) is 10.0 Å². The summed E-state index contributed by atoms with van der Waals surface area (Å²) in [6.07, 6.45) is 3.34. The van der Waals surface area contributed by atoms with Gasteiger partial charge in [0.1, 0.15) is 5.76 Å². The fraction of sp³-hybridized carbons (Fsp3) is 0.714. The van der Waals surface area contributed by atoms with Crippen LogP contribution in [0.1, 0.15) is 45.8 Å². The zero-order valence-corrected chi connectivity index (χ0v) is 13.2. The molecular formula is C14H24N2O3S. The average Bonchev–Trinajstić information content (AvgIpc) is 3.00. The number of hydrogen-bond acceptors (Lipinski definition) is 4. The number of hydrogen-bond donors (Lipinski definition) is 2. The van der Waals surface area contributed by atoms with E-state index < -0.39 is 10.0 Å². The monoisotopic (exact) mass is 300 g/mol. The van der Waals surface area contributed by atoms with Gasteiger partial charge in [0.05, 0.1) is 6.54 Å². The summed E-state index contributed by atoms with van der Waals surface area (Å²) in [6.45, 7) is 6.49. The predicted octanol–water partition coefficient (Wildman–Crippen LogP) is 2.24. The predicted molar refractivity (Wildman–Crippen MR) is 77.8 cm³/mol. The third-order valence-electron chi connectivity index (χ3n) is 3.33. The van der Waals surface area contributed by atoms with Crippen molar-refractivity contribution in [2.45, 2.75) is 63.8 Å². The van der Waals surface area contributed by atoms with Crippen LogP contribution >= 0.6 is 0 Å². The lowest BCUT2D eigenvalue weighted by Gasteiger charge is -2.12. The van der Waals surface area contributed by atoms with E-state index in [-0.39, 0.29) is 11.1 Å². The number of sulfonamides is 1. The SMILES string of the molecule is CC(C)NCc1ccc(S(=O)(=O)NC(C)CC2CC2)o1. The summed E-state index contributed by atoms with van der Waals surface area (Å²) < 4.78 is 32.4. The Morgan fingerprint density at radius 1 is 1.30 bits per heavy atom. The van der Waals surface area contributed by atoms with Crippen molar-refractivity contribution in [2.75, 3.05) is 0 Å². The second-order valence-electron chi connectivity index (χ2n) is 5.96. The molecule has 1 fully saturated rings. The van der Waals surface area contributed by atoms with Gasteiger partial charge in [-0.3, -0.25) is 0 Å². The first-order valence-corrected chi connectivity index (χ1v) is 8.69. The van der Waals surface area contributed by atoms with E-state index in [1.165, 1.54) is 18.9 Å². The van der Waals surface area contributed by atoms with Crippen molar-refractivity contribution >= 4 is 10.0 Å². The highest BCUT2D eigenvalue weighted by Gasteiger charge is 2.27. The van der Waals surface area contributed by atoms with Crippen LogP contribution in [0.5, 0.6) is 0 Å². The molecule has 0 bridgehead atoms. The lowest BCUT2D eigenvalue weighted by molar-refractivity contribution is 0.390.